The van der Waals surface area contributed by atoms with E-state index in [4.69, 9.17) is 24.4 Å². The van der Waals surface area contributed by atoms with Crippen LogP contribution in [0.4, 0.5) is 10.9 Å². The Morgan fingerprint density at radius 2 is 2.05 bits per heavy atom. The predicted octanol–water partition coefficient (Wildman–Crippen LogP) is 2.92. The van der Waals surface area contributed by atoms with Crippen molar-refractivity contribution in [2.45, 2.75) is 37.9 Å². The molecular weight excluding hydrogens is 514 g/mol. The molecule has 0 saturated heterocycles. The Labute approximate surface area is 220 Å². The number of hydrogen-bond donors (Lipinski definition) is 2. The number of carbonyl (C=O) groups excluding carboxylic acids is 1. The number of ether oxygens (including phenoxy) is 3. The van der Waals surface area contributed by atoms with Gasteiger partial charge in [-0.1, -0.05) is 11.3 Å². The van der Waals surface area contributed by atoms with Crippen LogP contribution in [0.5, 0.6) is 11.5 Å². The maximum absolute atomic E-state index is 13.2. The molecule has 0 aromatic carbocycles. The highest BCUT2D eigenvalue weighted by Crippen LogP contribution is 2.35. The Balaban J connectivity index is 1.48. The quantitative estimate of drug-likeness (QED) is 0.337. The second-order valence-electron chi connectivity index (χ2n) is 8.47. The lowest BCUT2D eigenvalue weighted by atomic mass is 9.95. The lowest BCUT2D eigenvalue weighted by Crippen LogP contribution is -2.31. The number of amides is 1. The summed E-state index contributed by atoms with van der Waals surface area (Å²) in [6, 6.07) is 6.41. The first-order valence-corrected chi connectivity index (χ1v) is 12.6. The minimum atomic E-state index is -0.817. The number of nitrogens with two attached hydrogens (primary N) is 1. The number of methoxy groups -OCH3 is 2. The van der Waals surface area contributed by atoms with E-state index in [1.54, 1.807) is 31.5 Å². The van der Waals surface area contributed by atoms with E-state index in [1.807, 2.05) is 0 Å². The van der Waals surface area contributed by atoms with Crippen molar-refractivity contribution in [1.82, 2.24) is 25.0 Å². The van der Waals surface area contributed by atoms with Crippen LogP contribution >= 0.6 is 11.3 Å². The highest BCUT2D eigenvalue weighted by Gasteiger charge is 2.28. The first-order chi connectivity index (χ1) is 18.5. The topological polar surface area (TPSA) is 170 Å². The van der Waals surface area contributed by atoms with E-state index in [2.05, 4.69) is 25.6 Å². The minimum absolute atomic E-state index is 0.0348. The van der Waals surface area contributed by atoms with Gasteiger partial charge in [-0.3, -0.25) is 15.1 Å². The van der Waals surface area contributed by atoms with E-state index in [-0.39, 0.29) is 34.4 Å². The number of pyridine rings is 1. The summed E-state index contributed by atoms with van der Waals surface area (Å²) in [5.74, 6) is -0.257. The van der Waals surface area contributed by atoms with Gasteiger partial charge in [-0.25, -0.2) is 4.79 Å². The molecule has 1 aliphatic carbocycles. The number of carbonyl (C=O) groups is 1. The molecule has 1 amide bonds. The fourth-order valence-corrected chi connectivity index (χ4v) is 4.93. The monoisotopic (exact) mass is 539 g/mol. The second kappa shape index (κ2) is 11.0. The summed E-state index contributed by atoms with van der Waals surface area (Å²) in [4.78, 5) is 30.7. The molecule has 0 unspecified atom stereocenters. The van der Waals surface area contributed by atoms with E-state index in [0.29, 0.717) is 28.8 Å². The molecule has 4 aromatic heterocycles. The Hall–Kier alpha value is -4.30. The highest BCUT2D eigenvalue weighted by atomic mass is 32.1. The molecule has 0 bridgehead atoms. The number of aromatic nitrogens is 5. The summed E-state index contributed by atoms with van der Waals surface area (Å²) < 4.78 is 23.9. The van der Waals surface area contributed by atoms with E-state index < -0.39 is 11.5 Å². The van der Waals surface area contributed by atoms with Crippen LogP contribution in [0.3, 0.4) is 0 Å². The largest absolute Gasteiger partial charge is 0.494 e. The molecule has 5 rings (SSSR count). The van der Waals surface area contributed by atoms with E-state index in [0.717, 1.165) is 30.6 Å². The Bertz CT molecular complexity index is 1500. The van der Waals surface area contributed by atoms with Crippen molar-refractivity contribution in [1.29, 1.82) is 0 Å². The molecule has 1 saturated carbocycles. The number of anilines is 2. The fourth-order valence-electron chi connectivity index (χ4n) is 4.21. The maximum Gasteiger partial charge on any atom is 0.379 e. The minimum Gasteiger partial charge on any atom is -0.494 e. The molecule has 0 radical (unpaired) electrons. The van der Waals surface area contributed by atoms with Crippen LogP contribution < -0.4 is 26.1 Å². The van der Waals surface area contributed by atoms with Crippen molar-refractivity contribution in [3.05, 3.63) is 52.8 Å². The highest BCUT2D eigenvalue weighted by molar-refractivity contribution is 7.17. The van der Waals surface area contributed by atoms with Crippen molar-refractivity contribution in [3.63, 3.8) is 0 Å². The third-order valence-electron chi connectivity index (χ3n) is 6.06. The second-order valence-corrected chi connectivity index (χ2v) is 9.43. The zero-order chi connectivity index (χ0) is 26.6. The Kier molecular flexibility index (Phi) is 7.33. The molecule has 2 atom stereocenters. The number of rotatable bonds is 8. The van der Waals surface area contributed by atoms with Gasteiger partial charge in [0.25, 0.3) is 5.91 Å². The SMILES string of the molecule is COc1cccnc1-c1cc(C(=O)Nc2nnc(-n3nccc3N)s2)oc(=O)c1O[C@H]1CCC[C@@H](OC)C1. The van der Waals surface area contributed by atoms with Gasteiger partial charge in [-0.2, -0.15) is 9.78 Å². The molecule has 0 aliphatic heterocycles. The zero-order valence-electron chi connectivity index (χ0n) is 20.6. The van der Waals surface area contributed by atoms with Gasteiger partial charge < -0.3 is 24.4 Å². The number of nitrogens with zero attached hydrogens (tertiary/aromatic N) is 5. The summed E-state index contributed by atoms with van der Waals surface area (Å²) in [6.45, 7) is 0. The number of nitrogens with one attached hydrogen (secondary N) is 1. The molecule has 13 nitrogen and oxygen atoms in total. The van der Waals surface area contributed by atoms with Crippen molar-refractivity contribution in [2.75, 3.05) is 25.3 Å². The molecule has 14 heteroatoms. The molecule has 1 aliphatic rings. The summed E-state index contributed by atoms with van der Waals surface area (Å²) in [7, 11) is 3.15. The van der Waals surface area contributed by atoms with Crippen molar-refractivity contribution in [2.24, 2.45) is 0 Å². The van der Waals surface area contributed by atoms with Gasteiger partial charge in [0.05, 0.1) is 25.0 Å². The standard InChI is InChI=1S/C24H25N7O6S/c1-34-13-5-3-6-14(11-13)36-20-15(19-16(35-2)7-4-9-26-19)12-17(37-22(20)33)21(32)28-23-29-30-24(38-23)31-18(25)8-10-27-31/h4,7-10,12-14H,3,5-6,11,25H2,1-2H3,(H,28,29,32)/t13-,14+/m1/s1. The van der Waals surface area contributed by atoms with E-state index in [1.165, 1.54) is 24.1 Å². The molecule has 0 spiro atoms. The summed E-state index contributed by atoms with van der Waals surface area (Å²) >= 11 is 1.04. The fraction of sp³-hybridized carbons (Fsp3) is 0.333. The van der Waals surface area contributed by atoms with Crippen molar-refractivity contribution >= 4 is 28.2 Å². The van der Waals surface area contributed by atoms with Gasteiger partial charge >= 0.3 is 5.63 Å². The summed E-state index contributed by atoms with van der Waals surface area (Å²) in [5.41, 5.74) is 5.63. The van der Waals surface area contributed by atoms with Crippen LogP contribution in [0.25, 0.3) is 16.4 Å². The van der Waals surface area contributed by atoms with Crippen LogP contribution in [0.1, 0.15) is 36.2 Å². The molecule has 198 valence electrons. The Morgan fingerprint density at radius 3 is 2.82 bits per heavy atom. The third kappa shape index (κ3) is 5.21. The lowest BCUT2D eigenvalue weighted by molar-refractivity contribution is 0.0199. The van der Waals surface area contributed by atoms with Crippen LogP contribution in [-0.2, 0) is 4.74 Å². The van der Waals surface area contributed by atoms with Gasteiger partial charge in [-0.15, -0.1) is 10.2 Å². The van der Waals surface area contributed by atoms with Gasteiger partial charge in [0.1, 0.15) is 23.4 Å². The predicted molar refractivity (Wildman–Crippen MR) is 138 cm³/mol. The average molecular weight is 540 g/mol. The number of hydrogen-bond acceptors (Lipinski definition) is 12. The van der Waals surface area contributed by atoms with E-state index in [9.17, 15) is 9.59 Å². The maximum atomic E-state index is 13.2. The smallest absolute Gasteiger partial charge is 0.379 e. The van der Waals surface area contributed by atoms with Gasteiger partial charge in [-0.05, 0) is 31.4 Å². The summed E-state index contributed by atoms with van der Waals surface area (Å²) in [6.07, 6.45) is 6.03. The van der Waals surface area contributed by atoms with Crippen LogP contribution in [0.2, 0.25) is 0 Å². The van der Waals surface area contributed by atoms with Crippen molar-refractivity contribution in [3.8, 4) is 27.9 Å². The van der Waals surface area contributed by atoms with Gasteiger partial charge in [0.15, 0.2) is 5.76 Å². The number of nitrogen functional groups attached to an aromatic ring is 1. The molecular formula is C24H25N7O6S. The molecule has 3 N–H and O–H groups in total. The zero-order valence-corrected chi connectivity index (χ0v) is 21.4. The lowest BCUT2D eigenvalue weighted by Gasteiger charge is -2.28. The molecule has 1 fully saturated rings. The summed E-state index contributed by atoms with van der Waals surface area (Å²) in [5, 5.41) is 15.1. The van der Waals surface area contributed by atoms with Crippen LogP contribution in [0.15, 0.2) is 45.9 Å². The normalized spacial score (nSPS) is 17.2. The molecule has 4 aromatic rings. The Morgan fingerprint density at radius 1 is 1.21 bits per heavy atom. The van der Waals surface area contributed by atoms with Crippen LogP contribution in [-0.4, -0.2) is 57.3 Å². The van der Waals surface area contributed by atoms with Gasteiger partial charge in [0, 0.05) is 31.9 Å². The molecule has 4 heterocycles. The van der Waals surface area contributed by atoms with Crippen LogP contribution in [0, 0.1) is 0 Å². The third-order valence-corrected chi connectivity index (χ3v) is 6.88. The first-order valence-electron chi connectivity index (χ1n) is 11.8. The van der Waals surface area contributed by atoms with Gasteiger partial charge in [0.2, 0.25) is 16.0 Å². The van der Waals surface area contributed by atoms with Crippen molar-refractivity contribution < 1.29 is 23.4 Å². The first kappa shape index (κ1) is 25.4. The van der Waals surface area contributed by atoms with E-state index >= 15 is 0 Å². The average Bonchev–Trinajstić information content (AvgIpc) is 3.58. The molecule has 38 heavy (non-hydrogen) atoms.